The third kappa shape index (κ3) is 5.76. The number of halogens is 4. The lowest BCUT2D eigenvalue weighted by molar-refractivity contribution is -0.137. The minimum atomic E-state index is -4.65. The fraction of sp³-hybridized carbons (Fsp3) is 0.261. The molecule has 10 heteroatoms. The Kier molecular flexibility index (Phi) is 6.85. The summed E-state index contributed by atoms with van der Waals surface area (Å²) in [5, 5.41) is 6.87. The van der Waals surface area contributed by atoms with Crippen molar-refractivity contribution in [3.8, 4) is 11.3 Å². The number of aryl methyl sites for hydroxylation is 2. The summed E-state index contributed by atoms with van der Waals surface area (Å²) >= 11 is 0. The van der Waals surface area contributed by atoms with Gasteiger partial charge in [-0.05, 0) is 61.4 Å². The molecule has 0 spiro atoms. The molecule has 0 aliphatic rings. The maximum atomic E-state index is 13.7. The van der Waals surface area contributed by atoms with Crippen molar-refractivity contribution in [2.24, 2.45) is 5.73 Å². The van der Waals surface area contributed by atoms with Crippen LogP contribution in [-0.4, -0.2) is 28.1 Å². The number of nitrogens with two attached hydrogens (primary N) is 1. The minimum Gasteiger partial charge on any atom is -0.368 e. The van der Waals surface area contributed by atoms with Crippen LogP contribution in [-0.2, 0) is 23.9 Å². The Balaban J connectivity index is 1.89. The smallest absolute Gasteiger partial charge is 0.368 e. The number of nitrogens with zero attached hydrogens (tertiary/aromatic N) is 2. The number of aromatic nitrogens is 2. The Labute approximate surface area is 187 Å². The molecule has 174 valence electrons. The van der Waals surface area contributed by atoms with Crippen LogP contribution >= 0.6 is 0 Å². The Morgan fingerprint density at radius 2 is 1.85 bits per heavy atom. The first kappa shape index (κ1) is 24.0. The maximum absolute atomic E-state index is 13.7. The van der Waals surface area contributed by atoms with Crippen LogP contribution in [0.15, 0.2) is 42.5 Å². The van der Waals surface area contributed by atoms with Crippen LogP contribution in [0.4, 0.5) is 17.6 Å². The summed E-state index contributed by atoms with van der Waals surface area (Å²) in [5.41, 5.74) is 7.11. The molecule has 0 aliphatic carbocycles. The summed E-state index contributed by atoms with van der Waals surface area (Å²) in [6, 6.07) is 9.25. The van der Waals surface area contributed by atoms with Crippen LogP contribution in [0.5, 0.6) is 0 Å². The normalized spacial score (nSPS) is 11.5. The van der Waals surface area contributed by atoms with Gasteiger partial charge < -0.3 is 11.1 Å². The van der Waals surface area contributed by atoms with E-state index >= 15 is 0 Å². The zero-order valence-corrected chi connectivity index (χ0v) is 18.0. The molecule has 2 aromatic carbocycles. The van der Waals surface area contributed by atoms with Gasteiger partial charge in [0.05, 0.1) is 23.5 Å². The van der Waals surface area contributed by atoms with E-state index in [1.165, 1.54) is 0 Å². The predicted molar refractivity (Wildman–Crippen MR) is 114 cm³/mol. The summed E-state index contributed by atoms with van der Waals surface area (Å²) < 4.78 is 54.4. The fourth-order valence-electron chi connectivity index (χ4n) is 3.50. The Morgan fingerprint density at radius 3 is 2.45 bits per heavy atom. The summed E-state index contributed by atoms with van der Waals surface area (Å²) in [4.78, 5) is 23.1. The van der Waals surface area contributed by atoms with Gasteiger partial charge in [0.2, 0.25) is 5.91 Å². The van der Waals surface area contributed by atoms with Gasteiger partial charge in [-0.3, -0.25) is 14.3 Å². The van der Waals surface area contributed by atoms with E-state index in [9.17, 15) is 27.2 Å². The molecule has 0 saturated heterocycles. The van der Waals surface area contributed by atoms with Crippen LogP contribution in [0.25, 0.3) is 11.3 Å². The molecule has 0 atom stereocenters. The van der Waals surface area contributed by atoms with E-state index in [1.54, 1.807) is 35.9 Å². The van der Waals surface area contributed by atoms with E-state index in [2.05, 4.69) is 10.4 Å². The number of primary amides is 1. The molecule has 1 heterocycles. The van der Waals surface area contributed by atoms with Crippen molar-refractivity contribution in [1.82, 2.24) is 15.1 Å². The summed E-state index contributed by atoms with van der Waals surface area (Å²) in [6.45, 7) is 3.82. The molecule has 2 amide bonds. The molecule has 6 nitrogen and oxygen atoms in total. The van der Waals surface area contributed by atoms with Crippen LogP contribution in [0.2, 0.25) is 0 Å². The second kappa shape index (κ2) is 9.43. The largest absolute Gasteiger partial charge is 0.416 e. The van der Waals surface area contributed by atoms with Crippen molar-refractivity contribution in [3.05, 3.63) is 76.2 Å². The third-order valence-corrected chi connectivity index (χ3v) is 4.99. The molecule has 33 heavy (non-hydrogen) atoms. The summed E-state index contributed by atoms with van der Waals surface area (Å²) in [5.74, 6) is -2.05. The van der Waals surface area contributed by atoms with Crippen LogP contribution in [0.1, 0.15) is 39.7 Å². The van der Waals surface area contributed by atoms with Gasteiger partial charge in [-0.15, -0.1) is 0 Å². The van der Waals surface area contributed by atoms with E-state index in [0.29, 0.717) is 35.1 Å². The molecule has 0 bridgehead atoms. The van der Waals surface area contributed by atoms with Gasteiger partial charge in [0.25, 0.3) is 5.91 Å². The van der Waals surface area contributed by atoms with E-state index in [1.807, 2.05) is 6.92 Å². The van der Waals surface area contributed by atoms with Gasteiger partial charge in [0.15, 0.2) is 0 Å². The highest BCUT2D eigenvalue weighted by Gasteiger charge is 2.31. The van der Waals surface area contributed by atoms with E-state index < -0.39 is 29.4 Å². The lowest BCUT2D eigenvalue weighted by Gasteiger charge is -2.10. The first-order valence-corrected chi connectivity index (χ1v) is 10.1. The average Bonchev–Trinajstić information content (AvgIpc) is 3.13. The van der Waals surface area contributed by atoms with Crippen molar-refractivity contribution in [2.45, 2.75) is 33.0 Å². The highest BCUT2D eigenvalue weighted by Crippen LogP contribution is 2.31. The number of benzene rings is 2. The quantitative estimate of drug-likeness (QED) is 0.523. The number of alkyl halides is 3. The van der Waals surface area contributed by atoms with E-state index in [0.717, 1.165) is 17.7 Å². The van der Waals surface area contributed by atoms with Gasteiger partial charge in [-0.2, -0.15) is 18.3 Å². The van der Waals surface area contributed by atoms with E-state index in [-0.39, 0.29) is 18.5 Å². The van der Waals surface area contributed by atoms with Gasteiger partial charge in [-0.1, -0.05) is 6.07 Å². The first-order valence-electron chi connectivity index (χ1n) is 10.1. The van der Waals surface area contributed by atoms with E-state index in [4.69, 9.17) is 5.73 Å². The van der Waals surface area contributed by atoms with Crippen molar-refractivity contribution >= 4 is 11.8 Å². The lowest BCUT2D eigenvalue weighted by Crippen LogP contribution is -2.33. The average molecular weight is 462 g/mol. The third-order valence-electron chi connectivity index (χ3n) is 4.99. The molecule has 1 aromatic heterocycles. The monoisotopic (exact) mass is 462 g/mol. The number of amides is 2. The molecule has 0 saturated carbocycles. The predicted octanol–water partition coefficient (Wildman–Crippen LogP) is 3.84. The fourth-order valence-corrected chi connectivity index (χ4v) is 3.50. The molecule has 0 aliphatic heterocycles. The molecular formula is C23H22F4N4O2. The number of carbonyl (C=O) groups is 2. The van der Waals surface area contributed by atoms with Crippen molar-refractivity contribution in [3.63, 3.8) is 0 Å². The zero-order chi connectivity index (χ0) is 24.3. The highest BCUT2D eigenvalue weighted by molar-refractivity contribution is 5.98. The van der Waals surface area contributed by atoms with Gasteiger partial charge >= 0.3 is 6.18 Å². The molecule has 3 aromatic rings. The van der Waals surface area contributed by atoms with Crippen LogP contribution in [0, 0.1) is 12.7 Å². The zero-order valence-electron chi connectivity index (χ0n) is 18.0. The van der Waals surface area contributed by atoms with Crippen LogP contribution in [0.3, 0.4) is 0 Å². The Bertz CT molecular complexity index is 1200. The molecular weight excluding hydrogens is 440 g/mol. The maximum Gasteiger partial charge on any atom is 0.416 e. The standard InChI is InChI=1S/C23H22F4N4O2/c1-3-31-20(15-4-5-19(13(2)6-15)22(33)29-12-21(28)32)11-18(30-31)9-14-7-16(23(25,26)27)10-17(24)8-14/h4-8,10-11H,3,9,12H2,1-2H3,(H2,28,32)(H,29,33). The van der Waals surface area contributed by atoms with Crippen molar-refractivity contribution in [1.29, 1.82) is 0 Å². The minimum absolute atomic E-state index is 0.0213. The summed E-state index contributed by atoms with van der Waals surface area (Å²) in [7, 11) is 0. The number of hydrogen-bond acceptors (Lipinski definition) is 3. The topological polar surface area (TPSA) is 90.0 Å². The number of nitrogens with one attached hydrogen (secondary N) is 1. The van der Waals surface area contributed by atoms with Crippen LogP contribution < -0.4 is 11.1 Å². The van der Waals surface area contributed by atoms with Gasteiger partial charge in [0, 0.05) is 24.1 Å². The van der Waals surface area contributed by atoms with Crippen molar-refractivity contribution in [2.75, 3.05) is 6.54 Å². The Morgan fingerprint density at radius 1 is 1.12 bits per heavy atom. The van der Waals surface area contributed by atoms with Crippen molar-refractivity contribution < 1.29 is 27.2 Å². The highest BCUT2D eigenvalue weighted by atomic mass is 19.4. The summed E-state index contributed by atoms with van der Waals surface area (Å²) in [6.07, 6.45) is -4.62. The van der Waals surface area contributed by atoms with Gasteiger partial charge in [0.1, 0.15) is 5.82 Å². The molecule has 0 radical (unpaired) electrons. The molecule has 3 rings (SSSR count). The number of carbonyl (C=O) groups excluding carboxylic acids is 2. The lowest BCUT2D eigenvalue weighted by atomic mass is 10.0. The first-order chi connectivity index (χ1) is 15.5. The molecule has 3 N–H and O–H groups in total. The second-order valence-corrected chi connectivity index (χ2v) is 7.54. The SMILES string of the molecule is CCn1nc(Cc2cc(F)cc(C(F)(F)F)c2)cc1-c1ccc(C(=O)NCC(N)=O)c(C)c1. The number of hydrogen-bond donors (Lipinski definition) is 2. The molecule has 0 fully saturated rings. The molecule has 0 unspecified atom stereocenters. The number of rotatable bonds is 7. The Hall–Kier alpha value is -3.69. The second-order valence-electron chi connectivity index (χ2n) is 7.54. The van der Waals surface area contributed by atoms with Gasteiger partial charge in [-0.25, -0.2) is 4.39 Å².